The number of carbonyl (C=O) groups excluding carboxylic acids is 4. The zero-order chi connectivity index (χ0) is 20.1. The van der Waals surface area contributed by atoms with E-state index < -0.39 is 40.9 Å². The van der Waals surface area contributed by atoms with Crippen LogP contribution >= 0.6 is 0 Å². The van der Waals surface area contributed by atoms with Gasteiger partial charge in [-0.25, -0.2) is 9.18 Å². The molecule has 0 radical (unpaired) electrons. The van der Waals surface area contributed by atoms with Crippen LogP contribution in [-0.2, 0) is 19.1 Å². The van der Waals surface area contributed by atoms with Gasteiger partial charge in [-0.15, -0.1) is 0 Å². The first-order valence-corrected chi connectivity index (χ1v) is 9.50. The Morgan fingerprint density at radius 3 is 2.15 bits per heavy atom. The second kappa shape index (κ2) is 8.67. The quantitative estimate of drug-likeness (QED) is 0.542. The van der Waals surface area contributed by atoms with Crippen molar-refractivity contribution in [3.8, 4) is 0 Å². The summed E-state index contributed by atoms with van der Waals surface area (Å²) in [7, 11) is 0. The first kappa shape index (κ1) is 21.1. The van der Waals surface area contributed by atoms with Gasteiger partial charge in [-0.1, -0.05) is 25.7 Å². The number of nitrogens with one attached hydrogen (secondary N) is 2. The Hall–Kier alpha value is -2.19. The summed E-state index contributed by atoms with van der Waals surface area (Å²) in [5, 5.41) is 4.97. The van der Waals surface area contributed by atoms with Crippen LogP contribution in [0.1, 0.15) is 64.7 Å². The minimum Gasteiger partial charge on any atom is -0.450 e. The van der Waals surface area contributed by atoms with Crippen molar-refractivity contribution in [2.24, 2.45) is 5.73 Å². The van der Waals surface area contributed by atoms with E-state index in [1.165, 1.54) is 0 Å². The van der Waals surface area contributed by atoms with Crippen molar-refractivity contribution in [1.29, 1.82) is 0 Å². The van der Waals surface area contributed by atoms with Gasteiger partial charge in [0.05, 0.1) is 6.61 Å². The third-order valence-corrected chi connectivity index (χ3v) is 5.43. The van der Waals surface area contributed by atoms with Gasteiger partial charge in [-0.3, -0.25) is 14.4 Å². The summed E-state index contributed by atoms with van der Waals surface area (Å²) in [6.45, 7) is 1.71. The fraction of sp³-hybridized carbons (Fsp3) is 0.778. The van der Waals surface area contributed by atoms with E-state index in [9.17, 15) is 23.6 Å². The van der Waals surface area contributed by atoms with Gasteiger partial charge in [0.15, 0.2) is 0 Å². The van der Waals surface area contributed by atoms with Crippen molar-refractivity contribution in [3.63, 3.8) is 0 Å². The molecule has 2 saturated carbocycles. The summed E-state index contributed by atoms with van der Waals surface area (Å²) in [4.78, 5) is 48.4. The van der Waals surface area contributed by atoms with Crippen LogP contribution in [0.15, 0.2) is 0 Å². The van der Waals surface area contributed by atoms with E-state index in [2.05, 4.69) is 10.6 Å². The van der Waals surface area contributed by atoms with Crippen molar-refractivity contribution in [3.05, 3.63) is 0 Å². The molecule has 1 atom stereocenters. The standard InChI is InChI=1S/C18H28FN3O5/c1-2-27-16(26)21-12(11-17(19)7-3-4-8-17)15(25)22-18(9-5-6-10-18)13(23)14(20)24/h12H,2-11H2,1H3,(H2,20,24)(H,21,26)(H,22,25)/t12-/m0/s1. The van der Waals surface area contributed by atoms with Gasteiger partial charge in [-0.2, -0.15) is 0 Å². The third kappa shape index (κ3) is 5.17. The molecule has 0 aromatic rings. The largest absolute Gasteiger partial charge is 0.450 e. The number of alkyl carbamates (subject to hydrolysis) is 1. The maximum atomic E-state index is 14.9. The molecule has 0 bridgehead atoms. The number of Topliss-reactive ketones (excluding diaryl/α,β-unsaturated/α-hetero) is 1. The number of nitrogens with two attached hydrogens (primary N) is 1. The average molecular weight is 385 g/mol. The first-order chi connectivity index (χ1) is 12.7. The molecule has 0 unspecified atom stereocenters. The lowest BCUT2D eigenvalue weighted by Crippen LogP contribution is -2.61. The van der Waals surface area contributed by atoms with Crippen LogP contribution in [0, 0.1) is 0 Å². The van der Waals surface area contributed by atoms with Gasteiger partial charge >= 0.3 is 6.09 Å². The SMILES string of the molecule is CCOC(=O)N[C@@H](CC1(F)CCCC1)C(=O)NC1(C(=O)C(N)=O)CCCC1. The Bertz CT molecular complexity index is 598. The summed E-state index contributed by atoms with van der Waals surface area (Å²) in [6, 6.07) is -1.20. The van der Waals surface area contributed by atoms with E-state index in [4.69, 9.17) is 10.5 Å². The second-order valence-electron chi connectivity index (χ2n) is 7.45. The molecule has 152 valence electrons. The highest BCUT2D eigenvalue weighted by atomic mass is 19.1. The topological polar surface area (TPSA) is 128 Å². The summed E-state index contributed by atoms with van der Waals surface area (Å²) in [6.07, 6.45) is 2.90. The number of alkyl halides is 1. The molecule has 0 spiro atoms. The smallest absolute Gasteiger partial charge is 0.407 e. The molecule has 2 aliphatic rings. The lowest BCUT2D eigenvalue weighted by molar-refractivity contribution is -0.142. The lowest BCUT2D eigenvalue weighted by atomic mass is 9.89. The molecule has 4 N–H and O–H groups in total. The predicted octanol–water partition coefficient (Wildman–Crippen LogP) is 1.26. The maximum Gasteiger partial charge on any atom is 0.407 e. The van der Waals surface area contributed by atoms with Gasteiger partial charge in [0.1, 0.15) is 17.2 Å². The van der Waals surface area contributed by atoms with E-state index in [0.717, 1.165) is 0 Å². The minimum atomic E-state index is -1.56. The molecule has 0 aromatic carbocycles. The summed E-state index contributed by atoms with van der Waals surface area (Å²) in [5.41, 5.74) is 2.20. The Morgan fingerprint density at radius 2 is 1.63 bits per heavy atom. The number of ether oxygens (including phenoxy) is 1. The van der Waals surface area contributed by atoms with Crippen LogP contribution in [0.5, 0.6) is 0 Å². The lowest BCUT2D eigenvalue weighted by Gasteiger charge is -2.31. The van der Waals surface area contributed by atoms with Crippen LogP contribution in [0.4, 0.5) is 9.18 Å². The Kier molecular flexibility index (Phi) is 6.78. The third-order valence-electron chi connectivity index (χ3n) is 5.43. The van der Waals surface area contributed by atoms with Crippen LogP contribution in [-0.4, -0.2) is 47.5 Å². The van der Waals surface area contributed by atoms with Gasteiger partial charge < -0.3 is 21.1 Å². The van der Waals surface area contributed by atoms with Crippen LogP contribution in [0.3, 0.4) is 0 Å². The van der Waals surface area contributed by atoms with E-state index in [0.29, 0.717) is 38.5 Å². The molecule has 27 heavy (non-hydrogen) atoms. The number of hydrogen-bond acceptors (Lipinski definition) is 5. The van der Waals surface area contributed by atoms with Crippen molar-refractivity contribution in [1.82, 2.24) is 10.6 Å². The van der Waals surface area contributed by atoms with Crippen molar-refractivity contribution < 1.29 is 28.3 Å². The molecule has 2 aliphatic carbocycles. The number of halogens is 1. The number of primary amides is 1. The Morgan fingerprint density at radius 1 is 1.07 bits per heavy atom. The Labute approximate surface area is 157 Å². The summed E-state index contributed by atoms with van der Waals surface area (Å²) in [5.74, 6) is -2.69. The molecule has 9 heteroatoms. The van der Waals surface area contributed by atoms with Crippen molar-refractivity contribution in [2.45, 2.75) is 82.0 Å². The minimum absolute atomic E-state index is 0.102. The second-order valence-corrected chi connectivity index (χ2v) is 7.45. The number of rotatable bonds is 8. The van der Waals surface area contributed by atoms with Crippen molar-refractivity contribution >= 4 is 23.7 Å². The molecular weight excluding hydrogens is 357 g/mol. The molecule has 2 fully saturated rings. The summed E-state index contributed by atoms with van der Waals surface area (Å²) >= 11 is 0. The molecule has 3 amide bonds. The van der Waals surface area contributed by atoms with Gasteiger partial charge in [0.25, 0.3) is 5.91 Å². The van der Waals surface area contributed by atoms with E-state index in [1.54, 1.807) is 6.92 Å². The highest BCUT2D eigenvalue weighted by molar-refractivity contribution is 6.39. The number of ketones is 1. The number of hydrogen-bond donors (Lipinski definition) is 3. The fourth-order valence-electron chi connectivity index (χ4n) is 4.05. The fourth-order valence-corrected chi connectivity index (χ4v) is 4.05. The van der Waals surface area contributed by atoms with Gasteiger partial charge in [0, 0.05) is 6.42 Å². The van der Waals surface area contributed by atoms with Crippen molar-refractivity contribution in [2.75, 3.05) is 6.61 Å². The highest BCUT2D eigenvalue weighted by Crippen LogP contribution is 2.37. The van der Waals surface area contributed by atoms with Gasteiger partial charge in [-0.05, 0) is 32.6 Å². The van der Waals surface area contributed by atoms with Gasteiger partial charge in [0.2, 0.25) is 11.7 Å². The molecular formula is C18H28FN3O5. The summed E-state index contributed by atoms with van der Waals surface area (Å²) < 4.78 is 19.7. The molecule has 0 heterocycles. The van der Waals surface area contributed by atoms with E-state index in [-0.39, 0.29) is 25.9 Å². The zero-order valence-corrected chi connectivity index (χ0v) is 15.6. The van der Waals surface area contributed by atoms with E-state index >= 15 is 0 Å². The molecule has 2 rings (SSSR count). The predicted molar refractivity (Wildman–Crippen MR) is 94.4 cm³/mol. The molecule has 0 aliphatic heterocycles. The van der Waals surface area contributed by atoms with Crippen LogP contribution in [0.25, 0.3) is 0 Å². The van der Waals surface area contributed by atoms with E-state index in [1.807, 2.05) is 0 Å². The average Bonchev–Trinajstić information content (AvgIpc) is 3.24. The Balaban J connectivity index is 2.16. The van der Waals surface area contributed by atoms with Crippen LogP contribution in [0.2, 0.25) is 0 Å². The number of amides is 3. The highest BCUT2D eigenvalue weighted by Gasteiger charge is 2.47. The molecule has 0 aromatic heterocycles. The monoisotopic (exact) mass is 385 g/mol. The zero-order valence-electron chi connectivity index (χ0n) is 15.6. The number of carbonyl (C=O) groups is 4. The van der Waals surface area contributed by atoms with Crippen LogP contribution < -0.4 is 16.4 Å². The molecule has 0 saturated heterocycles. The molecule has 8 nitrogen and oxygen atoms in total. The maximum absolute atomic E-state index is 14.9. The normalized spacial score (nSPS) is 21.3. The first-order valence-electron chi connectivity index (χ1n) is 9.50.